The molecule has 0 radical (unpaired) electrons. The van der Waals surface area contributed by atoms with Gasteiger partial charge in [-0.25, -0.2) is 13.2 Å². The predicted molar refractivity (Wildman–Crippen MR) is 65.0 cm³/mol. The van der Waals surface area contributed by atoms with Gasteiger partial charge in [-0.1, -0.05) is 17.7 Å². The Bertz CT molecular complexity index is 624. The highest BCUT2D eigenvalue weighted by Gasteiger charge is 2.58. The fourth-order valence-electron chi connectivity index (χ4n) is 2.05. The maximum absolute atomic E-state index is 12.9. The minimum Gasteiger partial charge on any atom is -0.268 e. The van der Waals surface area contributed by atoms with Gasteiger partial charge in [0.15, 0.2) is 0 Å². The molecule has 1 aromatic heterocycles. The first-order chi connectivity index (χ1) is 8.95. The second-order valence-electron chi connectivity index (χ2n) is 4.72. The standard InChI is InChI=1S/C13H10ClF3N2/c14-12-3-10(15)2-1-8(12)6-19-7-9(5-18-19)11-4-13(11,16)17/h1-3,5,7,11H,4,6H2. The molecule has 1 aliphatic carbocycles. The van der Waals surface area contributed by atoms with Crippen molar-refractivity contribution in [2.45, 2.75) is 24.8 Å². The molecule has 0 N–H and O–H groups in total. The number of alkyl halides is 2. The summed E-state index contributed by atoms with van der Waals surface area (Å²) in [6, 6.07) is 4.09. The second kappa shape index (κ2) is 4.27. The molecule has 6 heteroatoms. The summed E-state index contributed by atoms with van der Waals surface area (Å²) >= 11 is 5.91. The average molecular weight is 287 g/mol. The first kappa shape index (κ1) is 12.5. The molecule has 1 atom stereocenters. The average Bonchev–Trinajstić information content (AvgIpc) is 2.77. The van der Waals surface area contributed by atoms with Crippen LogP contribution in [0.1, 0.15) is 23.5 Å². The van der Waals surface area contributed by atoms with Crippen molar-refractivity contribution < 1.29 is 13.2 Å². The number of hydrogen-bond donors (Lipinski definition) is 0. The van der Waals surface area contributed by atoms with Gasteiger partial charge in [0.1, 0.15) is 5.82 Å². The fourth-order valence-corrected chi connectivity index (χ4v) is 2.27. The molecule has 0 amide bonds. The van der Waals surface area contributed by atoms with Crippen molar-refractivity contribution >= 4 is 11.6 Å². The molecule has 100 valence electrons. The molecule has 0 saturated heterocycles. The van der Waals surface area contributed by atoms with Crippen molar-refractivity contribution in [1.82, 2.24) is 9.78 Å². The zero-order chi connectivity index (χ0) is 13.6. The Kier molecular flexibility index (Phi) is 2.82. The monoisotopic (exact) mass is 286 g/mol. The van der Waals surface area contributed by atoms with Crippen LogP contribution in [0.15, 0.2) is 30.6 Å². The van der Waals surface area contributed by atoms with Gasteiger partial charge < -0.3 is 0 Å². The van der Waals surface area contributed by atoms with Crippen molar-refractivity contribution in [2.24, 2.45) is 0 Å². The molecular formula is C13H10ClF3N2. The maximum Gasteiger partial charge on any atom is 0.256 e. The van der Waals surface area contributed by atoms with Crippen LogP contribution in [0.25, 0.3) is 0 Å². The Morgan fingerprint density at radius 3 is 2.79 bits per heavy atom. The molecule has 1 unspecified atom stereocenters. The Morgan fingerprint density at radius 1 is 1.42 bits per heavy atom. The molecule has 0 spiro atoms. The van der Waals surface area contributed by atoms with Crippen molar-refractivity contribution in [1.29, 1.82) is 0 Å². The summed E-state index contributed by atoms with van der Waals surface area (Å²) in [5, 5.41) is 4.33. The number of nitrogens with zero attached hydrogens (tertiary/aromatic N) is 2. The lowest BCUT2D eigenvalue weighted by atomic mass is 10.2. The van der Waals surface area contributed by atoms with Gasteiger partial charge in [0, 0.05) is 17.6 Å². The van der Waals surface area contributed by atoms with E-state index in [0.29, 0.717) is 22.7 Å². The highest BCUT2D eigenvalue weighted by atomic mass is 35.5. The molecule has 2 nitrogen and oxygen atoms in total. The van der Waals surface area contributed by atoms with Crippen LogP contribution in [-0.4, -0.2) is 15.7 Å². The predicted octanol–water partition coefficient (Wildman–Crippen LogP) is 3.85. The van der Waals surface area contributed by atoms with E-state index < -0.39 is 17.7 Å². The van der Waals surface area contributed by atoms with Crippen LogP contribution in [0.2, 0.25) is 5.02 Å². The molecule has 1 aliphatic rings. The lowest BCUT2D eigenvalue weighted by molar-refractivity contribution is 0.112. The number of halogens is 4. The normalized spacial score (nSPS) is 20.5. The third-order valence-corrected chi connectivity index (χ3v) is 3.58. The van der Waals surface area contributed by atoms with Gasteiger partial charge in [0.25, 0.3) is 5.92 Å². The van der Waals surface area contributed by atoms with Gasteiger partial charge in [-0.2, -0.15) is 5.10 Å². The van der Waals surface area contributed by atoms with E-state index in [4.69, 9.17) is 11.6 Å². The summed E-state index contributed by atoms with van der Waals surface area (Å²) in [5.74, 6) is -3.72. The van der Waals surface area contributed by atoms with Crippen molar-refractivity contribution in [3.05, 3.63) is 52.6 Å². The first-order valence-electron chi connectivity index (χ1n) is 5.80. The van der Waals surface area contributed by atoms with E-state index in [1.54, 1.807) is 12.3 Å². The van der Waals surface area contributed by atoms with Crippen LogP contribution >= 0.6 is 11.6 Å². The lowest BCUT2D eigenvalue weighted by Gasteiger charge is -2.04. The fraction of sp³-hybridized carbons (Fsp3) is 0.308. The van der Waals surface area contributed by atoms with Gasteiger partial charge in [0.05, 0.1) is 18.7 Å². The summed E-state index contributed by atoms with van der Waals surface area (Å²) in [7, 11) is 0. The van der Waals surface area contributed by atoms with Crippen molar-refractivity contribution in [2.75, 3.05) is 0 Å². The van der Waals surface area contributed by atoms with Crippen LogP contribution in [-0.2, 0) is 6.54 Å². The Hall–Kier alpha value is -1.49. The van der Waals surface area contributed by atoms with Gasteiger partial charge in [0.2, 0.25) is 0 Å². The number of aromatic nitrogens is 2. The van der Waals surface area contributed by atoms with E-state index in [-0.39, 0.29) is 6.42 Å². The van der Waals surface area contributed by atoms with Crippen LogP contribution < -0.4 is 0 Å². The highest BCUT2D eigenvalue weighted by molar-refractivity contribution is 6.31. The van der Waals surface area contributed by atoms with Crippen molar-refractivity contribution in [3.8, 4) is 0 Å². The van der Waals surface area contributed by atoms with E-state index in [1.807, 2.05) is 0 Å². The Balaban J connectivity index is 1.77. The smallest absolute Gasteiger partial charge is 0.256 e. The number of benzene rings is 1. The van der Waals surface area contributed by atoms with Crippen LogP contribution in [0.3, 0.4) is 0 Å². The molecule has 19 heavy (non-hydrogen) atoms. The Labute approximate surface area is 112 Å². The Morgan fingerprint density at radius 2 is 2.16 bits per heavy atom. The van der Waals surface area contributed by atoms with E-state index >= 15 is 0 Å². The number of rotatable bonds is 3. The minimum atomic E-state index is -2.60. The van der Waals surface area contributed by atoms with E-state index in [1.165, 1.54) is 23.0 Å². The first-order valence-corrected chi connectivity index (χ1v) is 6.17. The van der Waals surface area contributed by atoms with E-state index in [9.17, 15) is 13.2 Å². The van der Waals surface area contributed by atoms with Crippen LogP contribution in [0.4, 0.5) is 13.2 Å². The molecule has 0 bridgehead atoms. The maximum atomic E-state index is 12.9. The molecule has 1 fully saturated rings. The van der Waals surface area contributed by atoms with Gasteiger partial charge >= 0.3 is 0 Å². The van der Waals surface area contributed by atoms with Crippen LogP contribution in [0.5, 0.6) is 0 Å². The summed E-state index contributed by atoms with van der Waals surface area (Å²) < 4.78 is 40.3. The summed E-state index contributed by atoms with van der Waals surface area (Å²) in [5.41, 5.74) is 1.23. The lowest BCUT2D eigenvalue weighted by Crippen LogP contribution is -2.01. The topological polar surface area (TPSA) is 17.8 Å². The van der Waals surface area contributed by atoms with Crippen LogP contribution in [0, 0.1) is 5.82 Å². The summed E-state index contributed by atoms with van der Waals surface area (Å²) in [6.07, 6.45) is 2.92. The zero-order valence-electron chi connectivity index (χ0n) is 9.78. The molecule has 1 saturated carbocycles. The van der Waals surface area contributed by atoms with E-state index in [2.05, 4.69) is 5.10 Å². The van der Waals surface area contributed by atoms with Crippen molar-refractivity contribution in [3.63, 3.8) is 0 Å². The largest absolute Gasteiger partial charge is 0.268 e. The van der Waals surface area contributed by atoms with Gasteiger partial charge in [-0.3, -0.25) is 4.68 Å². The third kappa shape index (κ3) is 2.47. The molecule has 1 aromatic carbocycles. The molecular weight excluding hydrogens is 277 g/mol. The van der Waals surface area contributed by atoms with E-state index in [0.717, 1.165) is 0 Å². The van der Waals surface area contributed by atoms with Gasteiger partial charge in [-0.15, -0.1) is 0 Å². The SMILES string of the molecule is Fc1ccc(Cn2cc(C3CC3(F)F)cn2)c(Cl)c1. The van der Waals surface area contributed by atoms with Gasteiger partial charge in [-0.05, 0) is 23.3 Å². The molecule has 0 aliphatic heterocycles. The number of hydrogen-bond acceptors (Lipinski definition) is 1. The minimum absolute atomic E-state index is 0.115. The molecule has 3 rings (SSSR count). The highest BCUT2D eigenvalue weighted by Crippen LogP contribution is 2.55. The zero-order valence-corrected chi connectivity index (χ0v) is 10.5. The summed E-state index contributed by atoms with van der Waals surface area (Å²) in [4.78, 5) is 0. The quantitative estimate of drug-likeness (QED) is 0.838. The molecule has 2 aromatic rings. The third-order valence-electron chi connectivity index (χ3n) is 3.23. The molecule has 1 heterocycles. The second-order valence-corrected chi connectivity index (χ2v) is 5.13. The summed E-state index contributed by atoms with van der Waals surface area (Å²) in [6.45, 7) is 0.331.